The minimum Gasteiger partial charge on any atom is -0.497 e. The first-order valence-electron chi connectivity index (χ1n) is 8.92. The molecule has 130 valence electrons. The second-order valence-corrected chi connectivity index (χ2v) is 6.46. The van der Waals surface area contributed by atoms with Crippen molar-refractivity contribution in [2.75, 3.05) is 52.9 Å². The van der Waals surface area contributed by atoms with Gasteiger partial charge in [0.2, 0.25) is 0 Å². The number of hydrogen-bond donors (Lipinski definition) is 1. The molecule has 0 saturated carbocycles. The molecule has 0 aromatic heterocycles. The summed E-state index contributed by atoms with van der Waals surface area (Å²) < 4.78 is 5.44. The van der Waals surface area contributed by atoms with Crippen molar-refractivity contribution in [1.29, 1.82) is 0 Å². The summed E-state index contributed by atoms with van der Waals surface area (Å²) in [6.07, 6.45) is 0. The summed E-state index contributed by atoms with van der Waals surface area (Å²) in [5.74, 6) is 0.962. The molecule has 0 radical (unpaired) electrons. The van der Waals surface area contributed by atoms with Gasteiger partial charge in [-0.05, 0) is 55.8 Å². The van der Waals surface area contributed by atoms with Gasteiger partial charge in [-0.3, -0.25) is 9.80 Å². The van der Waals surface area contributed by atoms with Crippen LogP contribution in [0.5, 0.6) is 5.75 Å². The third kappa shape index (κ3) is 4.46. The molecule has 1 aromatic carbocycles. The number of hydrogen-bond acceptors (Lipinski definition) is 4. The van der Waals surface area contributed by atoms with E-state index in [4.69, 9.17) is 4.74 Å². The highest BCUT2D eigenvalue weighted by atomic mass is 16.5. The van der Waals surface area contributed by atoms with E-state index in [0.717, 1.165) is 51.6 Å². The van der Waals surface area contributed by atoms with Crippen molar-refractivity contribution in [3.63, 3.8) is 0 Å². The summed E-state index contributed by atoms with van der Waals surface area (Å²) in [7, 11) is 1.75. The Balaban J connectivity index is 2.32. The molecule has 1 aliphatic rings. The molecule has 4 heteroatoms. The first-order valence-corrected chi connectivity index (χ1v) is 8.92. The normalized spacial score (nSPS) is 17.5. The molecule has 1 saturated heterocycles. The predicted octanol–water partition coefficient (Wildman–Crippen LogP) is 2.60. The molecule has 1 fully saturated rings. The van der Waals surface area contributed by atoms with Crippen LogP contribution in [0.25, 0.3) is 0 Å². The first-order chi connectivity index (χ1) is 11.1. The van der Waals surface area contributed by atoms with E-state index in [9.17, 15) is 0 Å². The summed E-state index contributed by atoms with van der Waals surface area (Å²) in [5, 5.41) is 3.45. The largest absolute Gasteiger partial charge is 0.497 e. The van der Waals surface area contributed by atoms with Gasteiger partial charge in [-0.2, -0.15) is 0 Å². The SMILES string of the molecule is CCN(CC)C(CN1CCNCC1)c1c(C)cc(OC)cc1C. The summed E-state index contributed by atoms with van der Waals surface area (Å²) in [5.41, 5.74) is 4.16. The molecule has 1 unspecified atom stereocenters. The van der Waals surface area contributed by atoms with E-state index >= 15 is 0 Å². The summed E-state index contributed by atoms with van der Waals surface area (Å²) in [6.45, 7) is 16.7. The number of nitrogens with one attached hydrogen (secondary N) is 1. The molecular formula is C19H33N3O. The van der Waals surface area contributed by atoms with E-state index in [1.165, 1.54) is 16.7 Å². The van der Waals surface area contributed by atoms with E-state index in [1.807, 2.05) is 0 Å². The van der Waals surface area contributed by atoms with Crippen LogP contribution in [0.1, 0.15) is 36.6 Å². The molecule has 1 aliphatic heterocycles. The average Bonchev–Trinajstić information content (AvgIpc) is 2.56. The molecule has 1 N–H and O–H groups in total. The lowest BCUT2D eigenvalue weighted by molar-refractivity contribution is 0.137. The Morgan fingerprint density at radius 1 is 1.13 bits per heavy atom. The third-order valence-corrected chi connectivity index (χ3v) is 5.03. The summed E-state index contributed by atoms with van der Waals surface area (Å²) in [6, 6.07) is 4.81. The molecule has 0 bridgehead atoms. The van der Waals surface area contributed by atoms with Crippen molar-refractivity contribution < 1.29 is 4.74 Å². The lowest BCUT2D eigenvalue weighted by atomic mass is 9.93. The maximum atomic E-state index is 5.44. The van der Waals surface area contributed by atoms with Gasteiger partial charge in [0.05, 0.1) is 7.11 Å². The maximum absolute atomic E-state index is 5.44. The van der Waals surface area contributed by atoms with Gasteiger partial charge in [0.1, 0.15) is 5.75 Å². The zero-order valence-corrected chi connectivity index (χ0v) is 15.5. The lowest BCUT2D eigenvalue weighted by Crippen LogP contribution is -2.47. The monoisotopic (exact) mass is 319 g/mol. The molecule has 2 rings (SSSR count). The van der Waals surface area contributed by atoms with E-state index in [-0.39, 0.29) is 0 Å². The Bertz CT molecular complexity index is 470. The van der Waals surface area contributed by atoms with E-state index in [2.05, 4.69) is 54.9 Å². The quantitative estimate of drug-likeness (QED) is 0.836. The molecule has 0 amide bonds. The van der Waals surface area contributed by atoms with Crippen LogP contribution < -0.4 is 10.1 Å². The van der Waals surface area contributed by atoms with Gasteiger partial charge in [-0.15, -0.1) is 0 Å². The zero-order chi connectivity index (χ0) is 16.8. The number of methoxy groups -OCH3 is 1. The highest BCUT2D eigenvalue weighted by molar-refractivity contribution is 5.43. The summed E-state index contributed by atoms with van der Waals surface area (Å²) >= 11 is 0. The number of ether oxygens (including phenoxy) is 1. The second-order valence-electron chi connectivity index (χ2n) is 6.46. The van der Waals surface area contributed by atoms with Crippen LogP contribution in [0.4, 0.5) is 0 Å². The van der Waals surface area contributed by atoms with Crippen molar-refractivity contribution in [2.45, 2.75) is 33.7 Å². The van der Waals surface area contributed by atoms with Crippen molar-refractivity contribution in [3.05, 3.63) is 28.8 Å². The van der Waals surface area contributed by atoms with Gasteiger partial charge < -0.3 is 10.1 Å². The number of likely N-dealkylation sites (N-methyl/N-ethyl adjacent to an activating group) is 1. The maximum Gasteiger partial charge on any atom is 0.119 e. The van der Waals surface area contributed by atoms with Crippen molar-refractivity contribution >= 4 is 0 Å². The van der Waals surface area contributed by atoms with Crippen molar-refractivity contribution in [3.8, 4) is 5.75 Å². The van der Waals surface area contributed by atoms with E-state index < -0.39 is 0 Å². The van der Waals surface area contributed by atoms with Crippen molar-refractivity contribution in [1.82, 2.24) is 15.1 Å². The topological polar surface area (TPSA) is 27.7 Å². The van der Waals surface area contributed by atoms with E-state index in [0.29, 0.717) is 6.04 Å². The second kappa shape index (κ2) is 8.67. The van der Waals surface area contributed by atoms with Gasteiger partial charge in [-0.25, -0.2) is 0 Å². The van der Waals surface area contributed by atoms with Gasteiger partial charge in [-0.1, -0.05) is 13.8 Å². The molecular weight excluding hydrogens is 286 g/mol. The van der Waals surface area contributed by atoms with Crippen LogP contribution >= 0.6 is 0 Å². The molecule has 4 nitrogen and oxygen atoms in total. The Hall–Kier alpha value is -1.10. The standard InChI is InChI=1S/C19H33N3O/c1-6-22(7-2)18(14-21-10-8-20-9-11-21)19-15(3)12-17(23-5)13-16(19)4/h12-13,18,20H,6-11,14H2,1-5H3. The Kier molecular flexibility index (Phi) is 6.88. The highest BCUT2D eigenvalue weighted by Gasteiger charge is 2.25. The van der Waals surface area contributed by atoms with Crippen LogP contribution in [0.2, 0.25) is 0 Å². The summed E-state index contributed by atoms with van der Waals surface area (Å²) in [4.78, 5) is 5.19. The fourth-order valence-corrected chi connectivity index (χ4v) is 3.77. The Labute approximate surface area is 141 Å². The molecule has 1 aromatic rings. The minimum atomic E-state index is 0.453. The number of piperazine rings is 1. The lowest BCUT2D eigenvalue weighted by Gasteiger charge is -2.38. The fraction of sp³-hybridized carbons (Fsp3) is 0.684. The molecule has 1 heterocycles. The highest BCUT2D eigenvalue weighted by Crippen LogP contribution is 2.31. The third-order valence-electron chi connectivity index (χ3n) is 5.03. The molecule has 0 aliphatic carbocycles. The molecule has 0 spiro atoms. The fourth-order valence-electron chi connectivity index (χ4n) is 3.77. The van der Waals surface area contributed by atoms with E-state index in [1.54, 1.807) is 7.11 Å². The zero-order valence-electron chi connectivity index (χ0n) is 15.5. The van der Waals surface area contributed by atoms with Gasteiger partial charge >= 0.3 is 0 Å². The number of aryl methyl sites for hydroxylation is 2. The molecule has 23 heavy (non-hydrogen) atoms. The van der Waals surface area contributed by atoms with Crippen LogP contribution in [0, 0.1) is 13.8 Å². The van der Waals surface area contributed by atoms with Crippen LogP contribution in [-0.2, 0) is 0 Å². The van der Waals surface area contributed by atoms with Gasteiger partial charge in [0.25, 0.3) is 0 Å². The van der Waals surface area contributed by atoms with Crippen LogP contribution in [-0.4, -0.2) is 62.7 Å². The number of benzene rings is 1. The van der Waals surface area contributed by atoms with Gasteiger partial charge in [0.15, 0.2) is 0 Å². The van der Waals surface area contributed by atoms with Gasteiger partial charge in [0, 0.05) is 38.8 Å². The molecule has 1 atom stereocenters. The first kappa shape index (κ1) is 18.2. The number of rotatable bonds is 7. The van der Waals surface area contributed by atoms with Crippen LogP contribution in [0.15, 0.2) is 12.1 Å². The predicted molar refractivity (Wildman–Crippen MR) is 97.4 cm³/mol. The van der Waals surface area contributed by atoms with Crippen LogP contribution in [0.3, 0.4) is 0 Å². The number of nitrogens with zero attached hydrogens (tertiary/aromatic N) is 2. The Morgan fingerprint density at radius 3 is 2.17 bits per heavy atom. The Morgan fingerprint density at radius 2 is 1.70 bits per heavy atom. The van der Waals surface area contributed by atoms with Crippen molar-refractivity contribution in [2.24, 2.45) is 0 Å². The average molecular weight is 319 g/mol. The smallest absolute Gasteiger partial charge is 0.119 e. The minimum absolute atomic E-state index is 0.453.